The Morgan fingerprint density at radius 2 is 2.30 bits per heavy atom. The maximum Gasteiger partial charge on any atom is 0.106 e. The first-order valence-electron chi connectivity index (χ1n) is 8.16. The van der Waals surface area contributed by atoms with Gasteiger partial charge in [-0.2, -0.15) is 5.10 Å². The topological polar surface area (TPSA) is 39.1 Å². The van der Waals surface area contributed by atoms with Crippen LogP contribution in [0.2, 0.25) is 4.34 Å². The first-order valence-corrected chi connectivity index (χ1v) is 9.35. The van der Waals surface area contributed by atoms with Gasteiger partial charge >= 0.3 is 0 Å². The number of hydrogen-bond acceptors (Lipinski definition) is 4. The zero-order chi connectivity index (χ0) is 16.2. The zero-order valence-electron chi connectivity index (χ0n) is 13.7. The minimum Gasteiger partial charge on any atom is -0.369 e. The first-order chi connectivity index (χ1) is 11.0. The Kier molecular flexibility index (Phi) is 3.80. The monoisotopic (exact) mass is 351 g/mol. The molecule has 1 saturated heterocycles. The summed E-state index contributed by atoms with van der Waals surface area (Å²) in [7, 11) is 2.00. The van der Waals surface area contributed by atoms with Crippen molar-refractivity contribution in [2.45, 2.75) is 50.8 Å². The standard InChI is InChI=1S/C17H22ClN3OS/c1-10-7-17(16-12(4-5-22-17)6-15(18)23-16)8-14(20-10)13-9-19-21(3)11(13)2/h6,9-10,14,20H,4-5,7-8H2,1-3H3. The Bertz CT molecular complexity index is 740. The molecule has 6 heteroatoms. The molecule has 23 heavy (non-hydrogen) atoms. The lowest BCUT2D eigenvalue weighted by molar-refractivity contribution is -0.0954. The van der Waals surface area contributed by atoms with Gasteiger partial charge in [-0.25, -0.2) is 0 Å². The van der Waals surface area contributed by atoms with E-state index in [2.05, 4.69) is 30.3 Å². The van der Waals surface area contributed by atoms with E-state index >= 15 is 0 Å². The number of nitrogens with zero attached hydrogens (tertiary/aromatic N) is 2. The van der Waals surface area contributed by atoms with Crippen LogP contribution in [-0.2, 0) is 23.8 Å². The van der Waals surface area contributed by atoms with Crippen LogP contribution in [0.1, 0.15) is 47.5 Å². The highest BCUT2D eigenvalue weighted by atomic mass is 35.5. The van der Waals surface area contributed by atoms with E-state index in [0.29, 0.717) is 6.04 Å². The van der Waals surface area contributed by atoms with Crippen molar-refractivity contribution in [1.29, 1.82) is 0 Å². The second-order valence-corrected chi connectivity index (χ2v) is 8.52. The number of hydrogen-bond donors (Lipinski definition) is 1. The first kappa shape index (κ1) is 15.6. The SMILES string of the molecule is Cc1c(C2CC3(CC(C)N2)OCCc2cc(Cl)sc23)cnn1C. The smallest absolute Gasteiger partial charge is 0.106 e. The van der Waals surface area contributed by atoms with Crippen molar-refractivity contribution >= 4 is 22.9 Å². The minimum atomic E-state index is -0.205. The molecule has 0 aromatic carbocycles. The van der Waals surface area contributed by atoms with E-state index in [0.717, 1.165) is 30.2 Å². The molecule has 0 amide bonds. The van der Waals surface area contributed by atoms with Crippen molar-refractivity contribution in [2.75, 3.05) is 6.61 Å². The van der Waals surface area contributed by atoms with Crippen molar-refractivity contribution in [3.8, 4) is 0 Å². The van der Waals surface area contributed by atoms with Gasteiger partial charge in [0.05, 0.1) is 17.1 Å². The lowest BCUT2D eigenvalue weighted by Gasteiger charge is -2.46. The van der Waals surface area contributed by atoms with E-state index in [1.54, 1.807) is 11.3 Å². The van der Waals surface area contributed by atoms with Crippen LogP contribution in [-0.4, -0.2) is 22.4 Å². The van der Waals surface area contributed by atoms with Gasteiger partial charge in [0, 0.05) is 41.7 Å². The van der Waals surface area contributed by atoms with Crippen molar-refractivity contribution in [3.63, 3.8) is 0 Å². The third kappa shape index (κ3) is 2.54. The highest BCUT2D eigenvalue weighted by Crippen LogP contribution is 2.50. The summed E-state index contributed by atoms with van der Waals surface area (Å²) in [6.45, 7) is 5.16. The number of piperidine rings is 1. The number of halogens is 1. The van der Waals surface area contributed by atoms with Gasteiger partial charge in [0.2, 0.25) is 0 Å². The van der Waals surface area contributed by atoms with Gasteiger partial charge in [-0.1, -0.05) is 11.6 Å². The number of aryl methyl sites for hydroxylation is 1. The molecule has 1 N–H and O–H groups in total. The summed E-state index contributed by atoms with van der Waals surface area (Å²) in [5.74, 6) is 0. The third-order valence-electron chi connectivity index (χ3n) is 5.25. The second kappa shape index (κ2) is 5.59. The number of ether oxygens (including phenoxy) is 1. The molecule has 2 aromatic rings. The molecular formula is C17H22ClN3OS. The fraction of sp³-hybridized carbons (Fsp3) is 0.588. The Balaban J connectivity index is 1.74. The van der Waals surface area contributed by atoms with Crippen LogP contribution < -0.4 is 5.32 Å². The molecule has 3 unspecified atom stereocenters. The fourth-order valence-corrected chi connectivity index (χ4v) is 5.58. The van der Waals surface area contributed by atoms with Crippen molar-refractivity contribution < 1.29 is 4.74 Å². The number of nitrogens with one attached hydrogen (secondary N) is 1. The molecule has 0 saturated carbocycles. The van der Waals surface area contributed by atoms with Crippen molar-refractivity contribution in [2.24, 2.45) is 7.05 Å². The van der Waals surface area contributed by atoms with E-state index < -0.39 is 0 Å². The molecule has 2 aliphatic rings. The number of thiophene rings is 1. The van der Waals surface area contributed by atoms with Gasteiger partial charge in [0.25, 0.3) is 0 Å². The molecule has 0 aliphatic carbocycles. The lowest BCUT2D eigenvalue weighted by Crippen LogP contribution is -2.49. The maximum absolute atomic E-state index is 6.40. The van der Waals surface area contributed by atoms with Crippen molar-refractivity contribution in [3.05, 3.63) is 38.3 Å². The van der Waals surface area contributed by atoms with Crippen LogP contribution in [0.25, 0.3) is 0 Å². The van der Waals surface area contributed by atoms with Crippen LogP contribution in [0.3, 0.4) is 0 Å². The predicted octanol–water partition coefficient (Wildman–Crippen LogP) is 3.72. The molecule has 4 rings (SSSR count). The fourth-order valence-electron chi connectivity index (χ4n) is 4.12. The highest BCUT2D eigenvalue weighted by Gasteiger charge is 2.46. The van der Waals surface area contributed by atoms with Gasteiger partial charge in [-0.05, 0) is 38.3 Å². The highest BCUT2D eigenvalue weighted by molar-refractivity contribution is 7.16. The van der Waals surface area contributed by atoms with Gasteiger partial charge in [0.15, 0.2) is 0 Å². The van der Waals surface area contributed by atoms with Crippen LogP contribution in [0.4, 0.5) is 0 Å². The average molecular weight is 352 g/mol. The normalized spacial score (nSPS) is 30.6. The molecule has 124 valence electrons. The summed E-state index contributed by atoms with van der Waals surface area (Å²) in [6.07, 6.45) is 4.89. The van der Waals surface area contributed by atoms with Crippen LogP contribution in [0, 0.1) is 6.92 Å². The van der Waals surface area contributed by atoms with E-state index in [1.165, 1.54) is 21.7 Å². The summed E-state index contributed by atoms with van der Waals surface area (Å²) >= 11 is 8.00. The molecule has 0 radical (unpaired) electrons. The summed E-state index contributed by atoms with van der Waals surface area (Å²) < 4.78 is 9.22. The Hall–Kier alpha value is -0.880. The van der Waals surface area contributed by atoms with Crippen molar-refractivity contribution in [1.82, 2.24) is 15.1 Å². The van der Waals surface area contributed by atoms with E-state index in [-0.39, 0.29) is 11.6 Å². The van der Waals surface area contributed by atoms with Gasteiger partial charge in [-0.3, -0.25) is 4.68 Å². The molecule has 4 heterocycles. The molecule has 3 atom stereocenters. The van der Waals surface area contributed by atoms with E-state index in [4.69, 9.17) is 16.3 Å². The summed E-state index contributed by atoms with van der Waals surface area (Å²) in [5, 5.41) is 8.15. The Labute approximate surface area is 145 Å². The Morgan fingerprint density at radius 3 is 3.04 bits per heavy atom. The maximum atomic E-state index is 6.40. The molecule has 1 fully saturated rings. The number of fused-ring (bicyclic) bond motifs is 2. The van der Waals surface area contributed by atoms with Gasteiger partial charge < -0.3 is 10.1 Å². The number of rotatable bonds is 1. The average Bonchev–Trinajstić information content (AvgIpc) is 3.03. The van der Waals surface area contributed by atoms with E-state index in [1.807, 2.05) is 17.9 Å². The molecule has 2 aliphatic heterocycles. The zero-order valence-corrected chi connectivity index (χ0v) is 15.3. The second-order valence-electron chi connectivity index (χ2n) is 6.84. The van der Waals surface area contributed by atoms with Crippen LogP contribution in [0.15, 0.2) is 12.3 Å². The quantitative estimate of drug-likeness (QED) is 0.851. The largest absolute Gasteiger partial charge is 0.369 e. The Morgan fingerprint density at radius 1 is 1.48 bits per heavy atom. The van der Waals surface area contributed by atoms with Gasteiger partial charge in [-0.15, -0.1) is 11.3 Å². The summed E-state index contributed by atoms with van der Waals surface area (Å²) in [6, 6.07) is 2.78. The summed E-state index contributed by atoms with van der Waals surface area (Å²) in [5.41, 5.74) is 3.66. The molecule has 2 aromatic heterocycles. The van der Waals surface area contributed by atoms with E-state index in [9.17, 15) is 0 Å². The number of aromatic nitrogens is 2. The van der Waals surface area contributed by atoms with Crippen LogP contribution in [0.5, 0.6) is 0 Å². The lowest BCUT2D eigenvalue weighted by atomic mass is 9.78. The third-order valence-corrected chi connectivity index (χ3v) is 6.74. The molecule has 4 nitrogen and oxygen atoms in total. The van der Waals surface area contributed by atoms with Crippen LogP contribution >= 0.6 is 22.9 Å². The van der Waals surface area contributed by atoms with Gasteiger partial charge in [0.1, 0.15) is 5.60 Å². The molecular weight excluding hydrogens is 330 g/mol. The predicted molar refractivity (Wildman–Crippen MR) is 93.2 cm³/mol. The molecule has 1 spiro atoms. The summed E-state index contributed by atoms with van der Waals surface area (Å²) in [4.78, 5) is 1.34. The molecule has 0 bridgehead atoms. The minimum absolute atomic E-state index is 0.205.